The summed E-state index contributed by atoms with van der Waals surface area (Å²) in [6.45, 7) is 3.99. The molecule has 0 aliphatic carbocycles. The summed E-state index contributed by atoms with van der Waals surface area (Å²) in [6.07, 6.45) is 5.67. The third kappa shape index (κ3) is 3.08. The SMILES string of the molecule is CC1CCNCC1NC(=O)c1ccnc(-n2cncn2)c1. The molecule has 1 aliphatic rings. The number of nitrogens with one attached hydrogen (secondary N) is 2. The monoisotopic (exact) mass is 286 g/mol. The lowest BCUT2D eigenvalue weighted by atomic mass is 9.94. The van der Waals surface area contributed by atoms with E-state index in [2.05, 4.69) is 32.6 Å². The third-order valence-corrected chi connectivity index (χ3v) is 3.81. The maximum absolute atomic E-state index is 12.4. The highest BCUT2D eigenvalue weighted by molar-refractivity contribution is 5.94. The first-order valence-electron chi connectivity index (χ1n) is 7.06. The van der Waals surface area contributed by atoms with E-state index in [1.165, 1.54) is 11.0 Å². The standard InChI is InChI=1S/C14H18N6O/c1-10-2-4-15-7-12(10)19-14(21)11-3-5-17-13(6-11)20-9-16-8-18-20/h3,5-6,8-10,12,15H,2,4,7H2,1H3,(H,19,21). The zero-order chi connectivity index (χ0) is 14.7. The number of nitrogens with zero attached hydrogens (tertiary/aromatic N) is 4. The van der Waals surface area contributed by atoms with Gasteiger partial charge in [-0.3, -0.25) is 4.79 Å². The molecular formula is C14H18N6O. The summed E-state index contributed by atoms with van der Waals surface area (Å²) < 4.78 is 1.53. The zero-order valence-corrected chi connectivity index (χ0v) is 11.9. The fourth-order valence-electron chi connectivity index (χ4n) is 2.45. The molecule has 0 bridgehead atoms. The van der Waals surface area contributed by atoms with Crippen molar-refractivity contribution in [2.75, 3.05) is 13.1 Å². The number of hydrogen-bond acceptors (Lipinski definition) is 5. The lowest BCUT2D eigenvalue weighted by Gasteiger charge is -2.30. The molecule has 3 rings (SSSR count). The van der Waals surface area contributed by atoms with Gasteiger partial charge in [0.15, 0.2) is 5.82 Å². The highest BCUT2D eigenvalue weighted by atomic mass is 16.1. The zero-order valence-electron chi connectivity index (χ0n) is 11.9. The van der Waals surface area contributed by atoms with E-state index in [0.717, 1.165) is 19.5 Å². The summed E-state index contributed by atoms with van der Waals surface area (Å²) in [7, 11) is 0. The third-order valence-electron chi connectivity index (χ3n) is 3.81. The van der Waals surface area contributed by atoms with E-state index in [-0.39, 0.29) is 11.9 Å². The van der Waals surface area contributed by atoms with Gasteiger partial charge in [-0.05, 0) is 31.0 Å². The Kier molecular flexibility index (Phi) is 3.92. The van der Waals surface area contributed by atoms with Crippen molar-refractivity contribution in [1.82, 2.24) is 30.4 Å². The Bertz CT molecular complexity index is 612. The van der Waals surface area contributed by atoms with Crippen LogP contribution in [0.4, 0.5) is 0 Å². The first kappa shape index (κ1) is 13.7. The van der Waals surface area contributed by atoms with Crippen molar-refractivity contribution in [1.29, 1.82) is 0 Å². The van der Waals surface area contributed by atoms with Gasteiger partial charge in [0, 0.05) is 24.3 Å². The molecule has 21 heavy (non-hydrogen) atoms. The fourth-order valence-corrected chi connectivity index (χ4v) is 2.45. The van der Waals surface area contributed by atoms with Crippen LogP contribution in [0.2, 0.25) is 0 Å². The number of piperidine rings is 1. The topological polar surface area (TPSA) is 84.7 Å². The second kappa shape index (κ2) is 6.01. The average Bonchev–Trinajstić information content (AvgIpc) is 3.04. The quantitative estimate of drug-likeness (QED) is 0.852. The molecule has 2 aromatic rings. The van der Waals surface area contributed by atoms with E-state index >= 15 is 0 Å². The molecule has 1 amide bonds. The van der Waals surface area contributed by atoms with Crippen LogP contribution < -0.4 is 10.6 Å². The highest BCUT2D eigenvalue weighted by Crippen LogP contribution is 2.12. The van der Waals surface area contributed by atoms with Crippen molar-refractivity contribution in [2.45, 2.75) is 19.4 Å². The Labute approximate surface area is 122 Å². The molecule has 2 aromatic heterocycles. The van der Waals surface area contributed by atoms with Gasteiger partial charge in [-0.15, -0.1) is 0 Å². The highest BCUT2D eigenvalue weighted by Gasteiger charge is 2.23. The van der Waals surface area contributed by atoms with Gasteiger partial charge in [0.1, 0.15) is 12.7 Å². The molecule has 110 valence electrons. The van der Waals surface area contributed by atoms with Crippen LogP contribution in [0, 0.1) is 5.92 Å². The number of rotatable bonds is 3. The molecule has 2 unspecified atom stereocenters. The number of pyridine rings is 1. The van der Waals surface area contributed by atoms with Gasteiger partial charge in [-0.1, -0.05) is 6.92 Å². The van der Waals surface area contributed by atoms with E-state index in [9.17, 15) is 4.79 Å². The molecule has 7 heteroatoms. The van der Waals surface area contributed by atoms with Crippen LogP contribution in [0.3, 0.4) is 0 Å². The fraction of sp³-hybridized carbons (Fsp3) is 0.429. The van der Waals surface area contributed by atoms with Crippen LogP contribution in [0.15, 0.2) is 31.0 Å². The number of hydrogen-bond donors (Lipinski definition) is 2. The second-order valence-corrected chi connectivity index (χ2v) is 5.29. The van der Waals surface area contributed by atoms with E-state index in [1.54, 1.807) is 24.7 Å². The number of carbonyl (C=O) groups excluding carboxylic acids is 1. The molecule has 0 spiro atoms. The molecular weight excluding hydrogens is 268 g/mol. The van der Waals surface area contributed by atoms with Crippen molar-refractivity contribution in [3.8, 4) is 5.82 Å². The van der Waals surface area contributed by atoms with Crippen LogP contribution in [0.1, 0.15) is 23.7 Å². The Morgan fingerprint density at radius 2 is 2.43 bits per heavy atom. The predicted molar refractivity (Wildman–Crippen MR) is 77.1 cm³/mol. The van der Waals surface area contributed by atoms with Crippen molar-refractivity contribution < 1.29 is 4.79 Å². The van der Waals surface area contributed by atoms with Crippen molar-refractivity contribution in [3.63, 3.8) is 0 Å². The van der Waals surface area contributed by atoms with E-state index in [0.29, 0.717) is 17.3 Å². The Morgan fingerprint density at radius 3 is 3.19 bits per heavy atom. The first-order valence-corrected chi connectivity index (χ1v) is 7.06. The number of carbonyl (C=O) groups is 1. The van der Waals surface area contributed by atoms with Crippen LogP contribution in [-0.4, -0.2) is 44.8 Å². The van der Waals surface area contributed by atoms with Gasteiger partial charge < -0.3 is 10.6 Å². The molecule has 0 radical (unpaired) electrons. The molecule has 1 fully saturated rings. The molecule has 1 aliphatic heterocycles. The second-order valence-electron chi connectivity index (χ2n) is 5.29. The molecule has 3 heterocycles. The lowest BCUT2D eigenvalue weighted by molar-refractivity contribution is 0.0915. The van der Waals surface area contributed by atoms with Crippen molar-refractivity contribution in [3.05, 3.63) is 36.5 Å². The van der Waals surface area contributed by atoms with Gasteiger partial charge >= 0.3 is 0 Å². The molecule has 7 nitrogen and oxygen atoms in total. The average molecular weight is 286 g/mol. The Balaban J connectivity index is 1.74. The Morgan fingerprint density at radius 1 is 1.52 bits per heavy atom. The molecule has 0 saturated carbocycles. The van der Waals surface area contributed by atoms with Crippen LogP contribution in [0.5, 0.6) is 0 Å². The van der Waals surface area contributed by atoms with E-state index in [4.69, 9.17) is 0 Å². The van der Waals surface area contributed by atoms with Gasteiger partial charge in [0.25, 0.3) is 5.91 Å². The van der Waals surface area contributed by atoms with E-state index < -0.39 is 0 Å². The summed E-state index contributed by atoms with van der Waals surface area (Å²) >= 11 is 0. The van der Waals surface area contributed by atoms with Crippen LogP contribution in [-0.2, 0) is 0 Å². The minimum Gasteiger partial charge on any atom is -0.348 e. The summed E-state index contributed by atoms with van der Waals surface area (Å²) in [6, 6.07) is 3.58. The number of aromatic nitrogens is 4. The molecule has 2 atom stereocenters. The smallest absolute Gasteiger partial charge is 0.251 e. The maximum atomic E-state index is 12.4. The summed E-state index contributed by atoms with van der Waals surface area (Å²) in [5.41, 5.74) is 0.577. The lowest BCUT2D eigenvalue weighted by Crippen LogP contribution is -2.50. The molecule has 0 aromatic carbocycles. The van der Waals surface area contributed by atoms with Crippen molar-refractivity contribution >= 4 is 5.91 Å². The first-order chi connectivity index (χ1) is 10.2. The number of amides is 1. The Hall–Kier alpha value is -2.28. The predicted octanol–water partition coefficient (Wildman–Crippen LogP) is 0.390. The van der Waals surface area contributed by atoms with Gasteiger partial charge in [-0.2, -0.15) is 5.10 Å². The minimum atomic E-state index is -0.0840. The summed E-state index contributed by atoms with van der Waals surface area (Å²) in [5, 5.41) is 10.4. The molecule has 1 saturated heterocycles. The van der Waals surface area contributed by atoms with Gasteiger partial charge in [0.05, 0.1) is 0 Å². The van der Waals surface area contributed by atoms with Crippen LogP contribution in [0.25, 0.3) is 5.82 Å². The molecule has 2 N–H and O–H groups in total. The summed E-state index contributed by atoms with van der Waals surface area (Å²) in [5.74, 6) is 0.973. The normalized spacial score (nSPS) is 22.0. The maximum Gasteiger partial charge on any atom is 0.251 e. The largest absolute Gasteiger partial charge is 0.348 e. The van der Waals surface area contributed by atoms with Gasteiger partial charge in [-0.25, -0.2) is 14.6 Å². The minimum absolute atomic E-state index is 0.0840. The van der Waals surface area contributed by atoms with Crippen molar-refractivity contribution in [2.24, 2.45) is 5.92 Å². The van der Waals surface area contributed by atoms with Crippen LogP contribution >= 0.6 is 0 Å². The van der Waals surface area contributed by atoms with Gasteiger partial charge in [0.2, 0.25) is 0 Å². The van der Waals surface area contributed by atoms with E-state index in [1.807, 2.05) is 0 Å². The summed E-state index contributed by atoms with van der Waals surface area (Å²) in [4.78, 5) is 20.4.